The van der Waals surface area contributed by atoms with Gasteiger partial charge in [-0.25, -0.2) is 0 Å². The second-order valence-corrected chi connectivity index (χ2v) is 4.91. The number of aromatic nitrogens is 6. The highest BCUT2D eigenvalue weighted by molar-refractivity contribution is 5.51. The first-order chi connectivity index (χ1) is 12.1. The molecule has 0 spiro atoms. The predicted molar refractivity (Wildman–Crippen MR) is 74.1 cm³/mol. The van der Waals surface area contributed by atoms with Crippen molar-refractivity contribution in [3.05, 3.63) is 47.8 Å². The highest BCUT2D eigenvalue weighted by Crippen LogP contribution is 2.30. The molecule has 6 nitrogen and oxygen atoms in total. The predicted octanol–water partition coefficient (Wildman–Crippen LogP) is 3.43. The van der Waals surface area contributed by atoms with Gasteiger partial charge in [0.05, 0.1) is 11.1 Å². The summed E-state index contributed by atoms with van der Waals surface area (Å²) in [5.74, 6) is -0.288. The van der Waals surface area contributed by atoms with Crippen LogP contribution < -0.4 is 0 Å². The fourth-order valence-electron chi connectivity index (χ4n) is 1.82. The van der Waals surface area contributed by atoms with Crippen molar-refractivity contribution in [2.45, 2.75) is 12.4 Å². The number of pyridine rings is 2. The molecule has 134 valence electrons. The smallest absolute Gasteiger partial charge is 0.252 e. The normalized spacial score (nSPS) is 12.2. The van der Waals surface area contributed by atoms with Crippen LogP contribution in [-0.4, -0.2) is 30.4 Å². The summed E-state index contributed by atoms with van der Waals surface area (Å²) < 4.78 is 74.9. The maximum atomic E-state index is 12.5. The van der Waals surface area contributed by atoms with E-state index in [4.69, 9.17) is 0 Å². The molecular formula is C14H6F6N6. The van der Waals surface area contributed by atoms with Crippen molar-refractivity contribution in [2.24, 2.45) is 0 Å². The summed E-state index contributed by atoms with van der Waals surface area (Å²) in [5.41, 5.74) is -1.87. The molecule has 3 rings (SSSR count). The lowest BCUT2D eigenvalue weighted by Gasteiger charge is -2.06. The average Bonchev–Trinajstić information content (AvgIpc) is 2.61. The molecule has 3 aromatic heterocycles. The van der Waals surface area contributed by atoms with Crippen molar-refractivity contribution >= 4 is 0 Å². The third kappa shape index (κ3) is 3.73. The summed E-state index contributed by atoms with van der Waals surface area (Å²) in [7, 11) is 0. The number of halogens is 6. The van der Waals surface area contributed by atoms with Crippen LogP contribution in [-0.2, 0) is 12.4 Å². The molecule has 0 N–H and O–H groups in total. The Morgan fingerprint density at radius 1 is 0.538 bits per heavy atom. The van der Waals surface area contributed by atoms with Crippen molar-refractivity contribution in [2.75, 3.05) is 0 Å². The van der Waals surface area contributed by atoms with E-state index >= 15 is 0 Å². The maximum Gasteiger partial charge on any atom is 0.417 e. The van der Waals surface area contributed by atoms with Gasteiger partial charge in [-0.15, -0.1) is 20.4 Å². The maximum absolute atomic E-state index is 12.5. The monoisotopic (exact) mass is 372 g/mol. The number of alkyl halides is 6. The fraction of sp³-hybridized carbons (Fsp3) is 0.143. The molecule has 0 atom stereocenters. The lowest BCUT2D eigenvalue weighted by molar-refractivity contribution is -0.138. The van der Waals surface area contributed by atoms with E-state index in [-0.39, 0.29) is 23.0 Å². The second-order valence-electron chi connectivity index (χ2n) is 4.91. The van der Waals surface area contributed by atoms with Gasteiger partial charge in [0, 0.05) is 12.4 Å². The van der Waals surface area contributed by atoms with Gasteiger partial charge in [-0.2, -0.15) is 26.3 Å². The number of rotatable bonds is 2. The Morgan fingerprint density at radius 2 is 0.885 bits per heavy atom. The standard InChI is InChI=1S/C14H6F6N6/c15-13(16,17)7-1-3-9(21-5-7)11-23-25-12(26-24-11)10-4-2-8(6-22-10)14(18,19)20/h1-6H. The largest absolute Gasteiger partial charge is 0.417 e. The van der Waals surface area contributed by atoms with Crippen LogP contribution in [0.2, 0.25) is 0 Å². The molecule has 0 radical (unpaired) electrons. The van der Waals surface area contributed by atoms with Gasteiger partial charge in [-0.1, -0.05) is 0 Å². The van der Waals surface area contributed by atoms with Crippen LogP contribution in [0.3, 0.4) is 0 Å². The van der Waals surface area contributed by atoms with Gasteiger partial charge in [0.2, 0.25) is 11.6 Å². The lowest BCUT2D eigenvalue weighted by atomic mass is 10.2. The zero-order valence-corrected chi connectivity index (χ0v) is 12.4. The Balaban J connectivity index is 1.82. The molecule has 0 aliphatic rings. The Bertz CT molecular complexity index is 811. The van der Waals surface area contributed by atoms with Crippen molar-refractivity contribution < 1.29 is 26.3 Å². The Kier molecular flexibility index (Phi) is 4.26. The third-order valence-corrected chi connectivity index (χ3v) is 3.12. The van der Waals surface area contributed by atoms with Gasteiger partial charge in [-0.3, -0.25) is 9.97 Å². The van der Waals surface area contributed by atoms with Crippen molar-refractivity contribution in [3.63, 3.8) is 0 Å². The van der Waals surface area contributed by atoms with Crippen LogP contribution in [0.4, 0.5) is 26.3 Å². The van der Waals surface area contributed by atoms with E-state index in [0.717, 1.165) is 24.3 Å². The minimum atomic E-state index is -4.53. The number of hydrogen-bond donors (Lipinski definition) is 0. The number of nitrogens with zero attached hydrogens (tertiary/aromatic N) is 6. The van der Waals surface area contributed by atoms with Crippen molar-refractivity contribution in [1.82, 2.24) is 30.4 Å². The summed E-state index contributed by atoms with van der Waals surface area (Å²) >= 11 is 0. The molecule has 0 fully saturated rings. The van der Waals surface area contributed by atoms with E-state index in [0.29, 0.717) is 12.4 Å². The van der Waals surface area contributed by atoms with E-state index in [2.05, 4.69) is 30.4 Å². The van der Waals surface area contributed by atoms with Crippen LogP contribution in [0.1, 0.15) is 11.1 Å². The van der Waals surface area contributed by atoms with E-state index in [1.54, 1.807) is 0 Å². The summed E-state index contributed by atoms with van der Waals surface area (Å²) in [6.07, 6.45) is -7.82. The van der Waals surface area contributed by atoms with E-state index < -0.39 is 23.5 Å². The topological polar surface area (TPSA) is 77.3 Å². The zero-order chi connectivity index (χ0) is 18.9. The van der Waals surface area contributed by atoms with E-state index in [1.165, 1.54) is 0 Å². The molecule has 12 heteroatoms. The van der Waals surface area contributed by atoms with Crippen LogP contribution in [0, 0.1) is 0 Å². The molecule has 0 saturated heterocycles. The molecule has 0 aromatic carbocycles. The van der Waals surface area contributed by atoms with E-state index in [9.17, 15) is 26.3 Å². The highest BCUT2D eigenvalue weighted by Gasteiger charge is 2.31. The van der Waals surface area contributed by atoms with Crippen LogP contribution in [0.5, 0.6) is 0 Å². The van der Waals surface area contributed by atoms with Gasteiger partial charge in [0.25, 0.3) is 0 Å². The summed E-state index contributed by atoms with van der Waals surface area (Å²) in [5, 5.41) is 14.6. The van der Waals surface area contributed by atoms with Gasteiger partial charge >= 0.3 is 12.4 Å². The first-order valence-corrected chi connectivity index (χ1v) is 6.79. The fourth-order valence-corrected chi connectivity index (χ4v) is 1.82. The first kappa shape index (κ1) is 17.6. The SMILES string of the molecule is FC(F)(F)c1ccc(-c2nnc(-c3ccc(C(F)(F)F)cn3)nn2)nc1. The second kappa shape index (κ2) is 6.28. The molecule has 0 aliphatic carbocycles. The van der Waals surface area contributed by atoms with Crippen LogP contribution in [0.15, 0.2) is 36.7 Å². The molecular weight excluding hydrogens is 366 g/mol. The molecule has 26 heavy (non-hydrogen) atoms. The summed E-state index contributed by atoms with van der Waals surface area (Å²) in [4.78, 5) is 7.18. The lowest BCUT2D eigenvalue weighted by Crippen LogP contribution is -2.07. The molecule has 0 amide bonds. The third-order valence-electron chi connectivity index (χ3n) is 3.12. The Labute approximate surface area is 141 Å². The highest BCUT2D eigenvalue weighted by atomic mass is 19.4. The minimum absolute atomic E-state index is 0.00456. The molecule has 3 heterocycles. The quantitative estimate of drug-likeness (QED) is 0.642. The zero-order valence-electron chi connectivity index (χ0n) is 12.4. The number of hydrogen-bond acceptors (Lipinski definition) is 6. The molecule has 0 unspecified atom stereocenters. The molecule has 0 saturated carbocycles. The molecule has 0 bridgehead atoms. The van der Waals surface area contributed by atoms with Gasteiger partial charge < -0.3 is 0 Å². The van der Waals surface area contributed by atoms with E-state index in [1.807, 2.05) is 0 Å². The van der Waals surface area contributed by atoms with Gasteiger partial charge in [0.15, 0.2) is 0 Å². The van der Waals surface area contributed by atoms with Gasteiger partial charge in [0.1, 0.15) is 11.4 Å². The molecule has 3 aromatic rings. The molecule has 0 aliphatic heterocycles. The van der Waals surface area contributed by atoms with Crippen LogP contribution >= 0.6 is 0 Å². The summed E-state index contributed by atoms with van der Waals surface area (Å²) in [6.45, 7) is 0. The van der Waals surface area contributed by atoms with Crippen molar-refractivity contribution in [1.29, 1.82) is 0 Å². The van der Waals surface area contributed by atoms with Crippen LogP contribution in [0.25, 0.3) is 23.0 Å². The van der Waals surface area contributed by atoms with Crippen molar-refractivity contribution in [3.8, 4) is 23.0 Å². The Hall–Kier alpha value is -3.18. The average molecular weight is 372 g/mol. The minimum Gasteiger partial charge on any atom is -0.252 e. The van der Waals surface area contributed by atoms with Gasteiger partial charge in [-0.05, 0) is 24.3 Å². The Morgan fingerprint density at radius 3 is 1.12 bits per heavy atom. The summed E-state index contributed by atoms with van der Waals surface area (Å²) in [6, 6.07) is 3.71. The first-order valence-electron chi connectivity index (χ1n) is 6.79.